The maximum absolute atomic E-state index is 12.4. The van der Waals surface area contributed by atoms with E-state index < -0.39 is 0 Å². The number of carbonyl (C=O) groups is 1. The van der Waals surface area contributed by atoms with Gasteiger partial charge in [0.25, 0.3) is 0 Å². The Morgan fingerprint density at radius 3 is 2.88 bits per heavy atom. The minimum absolute atomic E-state index is 0.0216. The minimum Gasteiger partial charge on any atom is -0.325 e. The lowest BCUT2D eigenvalue weighted by atomic mass is 10.1. The number of amides is 1. The molecule has 1 aromatic carbocycles. The molecule has 1 aliphatic carbocycles. The molecule has 2 heterocycles. The number of thioether (sulfide) groups is 1. The zero-order valence-corrected chi connectivity index (χ0v) is 16.4. The number of rotatable bonds is 6. The molecule has 2 aromatic heterocycles. The topological polar surface area (TPSA) is 59.8 Å². The Morgan fingerprint density at radius 2 is 2.15 bits per heavy atom. The number of hydrogen-bond acceptors (Lipinski definition) is 5. The third-order valence-corrected chi connectivity index (χ3v) is 6.13. The summed E-state index contributed by atoms with van der Waals surface area (Å²) >= 11 is 3.12. The van der Waals surface area contributed by atoms with E-state index in [4.69, 9.17) is 0 Å². The molecule has 26 heavy (non-hydrogen) atoms. The van der Waals surface area contributed by atoms with Gasteiger partial charge in [-0.15, -0.1) is 21.5 Å². The number of carbonyl (C=O) groups excluding carboxylic acids is 1. The smallest absolute Gasteiger partial charge is 0.234 e. The summed E-state index contributed by atoms with van der Waals surface area (Å²) < 4.78 is 2.20. The van der Waals surface area contributed by atoms with E-state index in [0.717, 1.165) is 45.5 Å². The fraction of sp³-hybridized carbons (Fsp3) is 0.316. The Labute approximate surface area is 160 Å². The van der Waals surface area contributed by atoms with Gasteiger partial charge in [-0.2, -0.15) is 0 Å². The Hall–Kier alpha value is -2.12. The van der Waals surface area contributed by atoms with Crippen molar-refractivity contribution in [1.82, 2.24) is 14.8 Å². The highest BCUT2D eigenvalue weighted by molar-refractivity contribution is 7.99. The lowest BCUT2D eigenvalue weighted by molar-refractivity contribution is -0.113. The molecule has 7 heteroatoms. The van der Waals surface area contributed by atoms with Crippen molar-refractivity contribution >= 4 is 34.7 Å². The van der Waals surface area contributed by atoms with Crippen molar-refractivity contribution in [1.29, 1.82) is 0 Å². The first kappa shape index (κ1) is 17.3. The van der Waals surface area contributed by atoms with E-state index in [-0.39, 0.29) is 5.91 Å². The highest BCUT2D eigenvalue weighted by atomic mass is 32.2. The van der Waals surface area contributed by atoms with Crippen molar-refractivity contribution in [2.45, 2.75) is 37.9 Å². The maximum Gasteiger partial charge on any atom is 0.234 e. The summed E-state index contributed by atoms with van der Waals surface area (Å²) in [5.74, 6) is 1.22. The van der Waals surface area contributed by atoms with Crippen molar-refractivity contribution < 1.29 is 4.79 Å². The number of aryl methyl sites for hydroxylation is 2. The quantitative estimate of drug-likeness (QED) is 0.627. The Bertz CT molecular complexity index is 929. The average molecular weight is 385 g/mol. The van der Waals surface area contributed by atoms with E-state index in [0.29, 0.717) is 11.8 Å². The van der Waals surface area contributed by atoms with Crippen LogP contribution in [0.15, 0.2) is 40.9 Å². The van der Waals surface area contributed by atoms with E-state index in [9.17, 15) is 4.79 Å². The highest BCUT2D eigenvalue weighted by Gasteiger charge is 2.30. The van der Waals surface area contributed by atoms with E-state index in [2.05, 4.69) is 26.1 Å². The van der Waals surface area contributed by atoms with E-state index in [1.807, 2.05) is 43.5 Å². The number of benzene rings is 1. The van der Waals surface area contributed by atoms with Gasteiger partial charge in [0.2, 0.25) is 5.91 Å². The summed E-state index contributed by atoms with van der Waals surface area (Å²) in [7, 11) is 0. The molecule has 1 amide bonds. The molecule has 0 atom stereocenters. The molecule has 0 bridgehead atoms. The van der Waals surface area contributed by atoms with Crippen LogP contribution in [-0.2, 0) is 4.79 Å². The Balaban J connectivity index is 1.46. The lowest BCUT2D eigenvalue weighted by Gasteiger charge is -2.10. The molecule has 0 spiro atoms. The van der Waals surface area contributed by atoms with Gasteiger partial charge in [-0.1, -0.05) is 30.0 Å². The van der Waals surface area contributed by atoms with Crippen LogP contribution in [0.4, 0.5) is 5.69 Å². The number of nitrogens with zero attached hydrogens (tertiary/aromatic N) is 3. The first-order valence-corrected chi connectivity index (χ1v) is 10.5. The normalized spacial score (nSPS) is 13.8. The zero-order chi connectivity index (χ0) is 18.1. The second-order valence-corrected chi connectivity index (χ2v) is 8.43. The van der Waals surface area contributed by atoms with Gasteiger partial charge in [0.05, 0.1) is 10.6 Å². The largest absolute Gasteiger partial charge is 0.325 e. The molecule has 5 nitrogen and oxygen atoms in total. The summed E-state index contributed by atoms with van der Waals surface area (Å²) in [5, 5.41) is 14.6. The number of thiophene rings is 1. The standard InChI is InChI=1S/C19H20N4OS2/c1-12-5-6-13(2)15(10-12)20-17(24)11-26-19-22-21-18(16-4-3-9-25-16)23(19)14-7-8-14/h3-6,9-10,14H,7-8,11H2,1-2H3,(H,20,24). The molecule has 1 N–H and O–H groups in total. The third-order valence-electron chi connectivity index (χ3n) is 4.32. The number of anilines is 1. The fourth-order valence-corrected chi connectivity index (χ4v) is 4.31. The van der Waals surface area contributed by atoms with Crippen LogP contribution in [0.5, 0.6) is 0 Å². The van der Waals surface area contributed by atoms with Gasteiger partial charge in [-0.05, 0) is 55.3 Å². The van der Waals surface area contributed by atoms with Crippen LogP contribution in [0.1, 0.15) is 30.0 Å². The van der Waals surface area contributed by atoms with E-state index in [1.165, 1.54) is 11.8 Å². The van der Waals surface area contributed by atoms with Crippen LogP contribution in [0.3, 0.4) is 0 Å². The van der Waals surface area contributed by atoms with Crippen LogP contribution in [0.25, 0.3) is 10.7 Å². The zero-order valence-electron chi connectivity index (χ0n) is 14.7. The average Bonchev–Trinajstić information content (AvgIpc) is 3.15. The third kappa shape index (κ3) is 3.68. The molecule has 1 aliphatic rings. The van der Waals surface area contributed by atoms with Crippen molar-refractivity contribution in [2.24, 2.45) is 0 Å². The van der Waals surface area contributed by atoms with Gasteiger partial charge in [0, 0.05) is 11.7 Å². The van der Waals surface area contributed by atoms with Gasteiger partial charge in [0.15, 0.2) is 11.0 Å². The predicted molar refractivity (Wildman–Crippen MR) is 107 cm³/mol. The molecule has 134 valence electrons. The summed E-state index contributed by atoms with van der Waals surface area (Å²) in [6.45, 7) is 4.02. The second kappa shape index (κ2) is 7.25. The predicted octanol–water partition coefficient (Wildman–Crippen LogP) is 4.69. The summed E-state index contributed by atoms with van der Waals surface area (Å²) in [6, 6.07) is 10.6. The van der Waals surface area contributed by atoms with Crippen LogP contribution in [0.2, 0.25) is 0 Å². The van der Waals surface area contributed by atoms with Crippen molar-refractivity contribution in [3.8, 4) is 10.7 Å². The second-order valence-electron chi connectivity index (χ2n) is 6.54. The van der Waals surface area contributed by atoms with Gasteiger partial charge >= 0.3 is 0 Å². The summed E-state index contributed by atoms with van der Waals surface area (Å²) in [5.41, 5.74) is 3.07. The minimum atomic E-state index is -0.0216. The SMILES string of the molecule is Cc1ccc(C)c(NC(=O)CSc2nnc(-c3cccs3)n2C2CC2)c1. The Morgan fingerprint density at radius 1 is 1.31 bits per heavy atom. The van der Waals surface area contributed by atoms with Gasteiger partial charge < -0.3 is 5.32 Å². The Kier molecular flexibility index (Phi) is 4.82. The monoisotopic (exact) mass is 384 g/mol. The van der Waals surface area contributed by atoms with Crippen molar-refractivity contribution in [2.75, 3.05) is 11.1 Å². The van der Waals surface area contributed by atoms with E-state index >= 15 is 0 Å². The van der Waals surface area contributed by atoms with Gasteiger partial charge in [-0.3, -0.25) is 9.36 Å². The summed E-state index contributed by atoms with van der Waals surface area (Å²) in [4.78, 5) is 13.5. The number of hydrogen-bond donors (Lipinski definition) is 1. The molecule has 0 aliphatic heterocycles. The van der Waals surface area contributed by atoms with Crippen LogP contribution < -0.4 is 5.32 Å². The van der Waals surface area contributed by atoms with Crippen LogP contribution >= 0.6 is 23.1 Å². The number of aromatic nitrogens is 3. The van der Waals surface area contributed by atoms with Crippen molar-refractivity contribution in [3.05, 3.63) is 46.8 Å². The molecular formula is C19H20N4OS2. The van der Waals surface area contributed by atoms with Crippen LogP contribution in [0, 0.1) is 13.8 Å². The summed E-state index contributed by atoms with van der Waals surface area (Å²) in [6.07, 6.45) is 2.30. The molecule has 1 saturated carbocycles. The van der Waals surface area contributed by atoms with Crippen LogP contribution in [-0.4, -0.2) is 26.4 Å². The molecule has 0 saturated heterocycles. The van der Waals surface area contributed by atoms with Crippen molar-refractivity contribution in [3.63, 3.8) is 0 Å². The maximum atomic E-state index is 12.4. The molecule has 4 rings (SSSR count). The van der Waals surface area contributed by atoms with E-state index in [1.54, 1.807) is 11.3 Å². The first-order valence-electron chi connectivity index (χ1n) is 8.60. The lowest BCUT2D eigenvalue weighted by Crippen LogP contribution is -2.15. The molecule has 3 aromatic rings. The molecular weight excluding hydrogens is 364 g/mol. The number of nitrogens with one attached hydrogen (secondary N) is 1. The van der Waals surface area contributed by atoms with Gasteiger partial charge in [0.1, 0.15) is 0 Å². The molecule has 0 unspecified atom stereocenters. The van der Waals surface area contributed by atoms with Gasteiger partial charge in [-0.25, -0.2) is 0 Å². The highest BCUT2D eigenvalue weighted by Crippen LogP contribution is 2.41. The molecule has 1 fully saturated rings. The molecule has 0 radical (unpaired) electrons. The fourth-order valence-electron chi connectivity index (χ4n) is 2.80. The first-order chi connectivity index (χ1) is 12.6.